The van der Waals surface area contributed by atoms with Crippen LogP contribution in [-0.4, -0.2) is 35.5 Å². The monoisotopic (exact) mass is 246 g/mol. The molecule has 5 heteroatoms. The molecule has 3 rings (SSSR count). The molecule has 1 aromatic heterocycles. The second kappa shape index (κ2) is 4.81. The van der Waals surface area contributed by atoms with Gasteiger partial charge in [-0.05, 0) is 11.5 Å². The van der Waals surface area contributed by atoms with E-state index in [1.165, 1.54) is 11.5 Å². The fourth-order valence-electron chi connectivity index (χ4n) is 1.91. The van der Waals surface area contributed by atoms with E-state index in [4.69, 9.17) is 0 Å². The lowest BCUT2D eigenvalue weighted by atomic mass is 10.2. The molecule has 1 fully saturated rings. The Hall–Kier alpha value is -1.46. The maximum absolute atomic E-state index is 4.61. The van der Waals surface area contributed by atoms with Crippen LogP contribution >= 0.6 is 11.5 Å². The molecule has 17 heavy (non-hydrogen) atoms. The average molecular weight is 246 g/mol. The zero-order chi connectivity index (χ0) is 11.5. The number of rotatable bonds is 2. The first-order valence-electron chi connectivity index (χ1n) is 5.78. The Kier molecular flexibility index (Phi) is 3.02. The third-order valence-corrected chi connectivity index (χ3v) is 3.59. The van der Waals surface area contributed by atoms with Crippen molar-refractivity contribution in [3.8, 4) is 10.6 Å². The predicted molar refractivity (Wildman–Crippen MR) is 70.4 cm³/mol. The fraction of sp³-hybridized carbons (Fsp3) is 0.333. The molecule has 1 aliphatic heterocycles. The van der Waals surface area contributed by atoms with E-state index in [0.717, 1.165) is 42.7 Å². The number of piperazine rings is 1. The van der Waals surface area contributed by atoms with Gasteiger partial charge in [0.25, 0.3) is 0 Å². The predicted octanol–water partition coefficient (Wildman–Crippen LogP) is 1.61. The van der Waals surface area contributed by atoms with Crippen molar-refractivity contribution in [1.82, 2.24) is 14.7 Å². The molecule has 88 valence electrons. The van der Waals surface area contributed by atoms with E-state index >= 15 is 0 Å². The normalized spacial score (nSPS) is 16.1. The Morgan fingerprint density at radius 3 is 2.65 bits per heavy atom. The number of nitrogens with one attached hydrogen (secondary N) is 1. The highest BCUT2D eigenvalue weighted by molar-refractivity contribution is 7.09. The van der Waals surface area contributed by atoms with Crippen LogP contribution in [0.25, 0.3) is 10.6 Å². The summed E-state index contributed by atoms with van der Waals surface area (Å²) >= 11 is 1.47. The molecule has 1 N–H and O–H groups in total. The standard InChI is InChI=1S/C12H14N4S/c1-2-4-10(5-3-1)11-14-12(15-17-11)16-8-6-13-7-9-16/h1-5,13H,6-9H2. The van der Waals surface area contributed by atoms with Gasteiger partial charge in [-0.1, -0.05) is 30.3 Å². The lowest BCUT2D eigenvalue weighted by molar-refractivity contribution is 0.582. The molecule has 4 nitrogen and oxygen atoms in total. The van der Waals surface area contributed by atoms with Crippen LogP contribution in [0.1, 0.15) is 0 Å². The first kappa shape index (κ1) is 10.7. The lowest BCUT2D eigenvalue weighted by Gasteiger charge is -2.25. The number of aromatic nitrogens is 2. The maximum atomic E-state index is 4.61. The Balaban J connectivity index is 1.83. The molecular weight excluding hydrogens is 232 g/mol. The highest BCUT2D eigenvalue weighted by Crippen LogP contribution is 2.24. The van der Waals surface area contributed by atoms with Gasteiger partial charge in [-0.25, -0.2) is 0 Å². The van der Waals surface area contributed by atoms with Gasteiger partial charge >= 0.3 is 0 Å². The van der Waals surface area contributed by atoms with E-state index < -0.39 is 0 Å². The van der Waals surface area contributed by atoms with Crippen molar-refractivity contribution < 1.29 is 0 Å². The van der Waals surface area contributed by atoms with Crippen molar-refractivity contribution in [2.45, 2.75) is 0 Å². The molecule has 0 radical (unpaired) electrons. The van der Waals surface area contributed by atoms with E-state index in [-0.39, 0.29) is 0 Å². The second-order valence-corrected chi connectivity index (χ2v) is 4.75. The minimum atomic E-state index is 0.871. The highest BCUT2D eigenvalue weighted by Gasteiger charge is 2.15. The number of benzene rings is 1. The van der Waals surface area contributed by atoms with Gasteiger partial charge < -0.3 is 10.2 Å². The van der Waals surface area contributed by atoms with Crippen LogP contribution in [0.3, 0.4) is 0 Å². The third kappa shape index (κ3) is 2.30. The molecule has 1 aliphatic rings. The molecule has 0 amide bonds. The van der Waals surface area contributed by atoms with Crippen LogP contribution < -0.4 is 10.2 Å². The molecule has 2 aromatic rings. The minimum Gasteiger partial charge on any atom is -0.338 e. The Bertz CT molecular complexity index is 476. The Labute approximate surface area is 104 Å². The Morgan fingerprint density at radius 1 is 1.12 bits per heavy atom. The molecule has 1 saturated heterocycles. The first-order valence-corrected chi connectivity index (χ1v) is 6.55. The summed E-state index contributed by atoms with van der Waals surface area (Å²) in [6, 6.07) is 10.2. The molecule has 0 unspecified atom stereocenters. The maximum Gasteiger partial charge on any atom is 0.237 e. The van der Waals surface area contributed by atoms with E-state index in [0.29, 0.717) is 0 Å². The summed E-state index contributed by atoms with van der Waals surface area (Å²) in [7, 11) is 0. The number of anilines is 1. The molecule has 2 heterocycles. The largest absolute Gasteiger partial charge is 0.338 e. The minimum absolute atomic E-state index is 0.871. The first-order chi connectivity index (χ1) is 8.43. The van der Waals surface area contributed by atoms with Crippen LogP contribution in [0, 0.1) is 0 Å². The Morgan fingerprint density at radius 2 is 1.88 bits per heavy atom. The summed E-state index contributed by atoms with van der Waals surface area (Å²) in [6.07, 6.45) is 0. The van der Waals surface area contributed by atoms with Crippen LogP contribution in [0.4, 0.5) is 5.95 Å². The topological polar surface area (TPSA) is 41.1 Å². The van der Waals surface area contributed by atoms with E-state index in [9.17, 15) is 0 Å². The zero-order valence-corrected chi connectivity index (χ0v) is 10.3. The van der Waals surface area contributed by atoms with Gasteiger partial charge in [0.1, 0.15) is 5.01 Å². The average Bonchev–Trinajstić information content (AvgIpc) is 2.90. The van der Waals surface area contributed by atoms with Crippen molar-refractivity contribution in [3.63, 3.8) is 0 Å². The van der Waals surface area contributed by atoms with Gasteiger partial charge in [0.2, 0.25) is 5.95 Å². The van der Waals surface area contributed by atoms with Crippen LogP contribution in [0.5, 0.6) is 0 Å². The summed E-state index contributed by atoms with van der Waals surface area (Å²) < 4.78 is 4.44. The molecule has 0 saturated carbocycles. The van der Waals surface area contributed by atoms with Crippen LogP contribution in [0.2, 0.25) is 0 Å². The number of nitrogens with zero attached hydrogens (tertiary/aromatic N) is 3. The third-order valence-electron chi connectivity index (χ3n) is 2.84. The van der Waals surface area contributed by atoms with Gasteiger partial charge in [-0.2, -0.15) is 9.36 Å². The van der Waals surface area contributed by atoms with Crippen molar-refractivity contribution in [1.29, 1.82) is 0 Å². The smallest absolute Gasteiger partial charge is 0.237 e. The van der Waals surface area contributed by atoms with Crippen molar-refractivity contribution in [2.24, 2.45) is 0 Å². The number of hydrogen-bond donors (Lipinski definition) is 1. The summed E-state index contributed by atoms with van der Waals surface area (Å²) in [4.78, 5) is 6.85. The van der Waals surface area contributed by atoms with E-state index in [1.54, 1.807) is 0 Å². The zero-order valence-electron chi connectivity index (χ0n) is 9.47. The molecule has 0 bridgehead atoms. The molecule has 0 aliphatic carbocycles. The molecule has 0 spiro atoms. The molecule has 0 atom stereocenters. The van der Waals surface area contributed by atoms with Gasteiger partial charge in [0.15, 0.2) is 0 Å². The van der Waals surface area contributed by atoms with Crippen molar-refractivity contribution in [2.75, 3.05) is 31.1 Å². The summed E-state index contributed by atoms with van der Waals surface area (Å²) in [5.41, 5.74) is 1.14. The summed E-state index contributed by atoms with van der Waals surface area (Å²) in [6.45, 7) is 4.01. The highest BCUT2D eigenvalue weighted by atomic mass is 32.1. The van der Waals surface area contributed by atoms with E-state index in [1.807, 2.05) is 18.2 Å². The lowest BCUT2D eigenvalue weighted by Crippen LogP contribution is -2.44. The van der Waals surface area contributed by atoms with E-state index in [2.05, 4.69) is 31.7 Å². The second-order valence-electron chi connectivity index (χ2n) is 4.00. The van der Waals surface area contributed by atoms with Gasteiger partial charge in [0, 0.05) is 31.7 Å². The molecular formula is C12H14N4S. The number of hydrogen-bond acceptors (Lipinski definition) is 5. The SMILES string of the molecule is c1ccc(-c2nc(N3CCNCC3)ns2)cc1. The van der Waals surface area contributed by atoms with Crippen molar-refractivity contribution >= 4 is 17.5 Å². The van der Waals surface area contributed by atoms with Gasteiger partial charge in [-0.3, -0.25) is 0 Å². The molecule has 1 aromatic carbocycles. The quantitative estimate of drug-likeness (QED) is 0.874. The van der Waals surface area contributed by atoms with Crippen molar-refractivity contribution in [3.05, 3.63) is 30.3 Å². The summed E-state index contributed by atoms with van der Waals surface area (Å²) in [5.74, 6) is 0.871. The van der Waals surface area contributed by atoms with Crippen LogP contribution in [-0.2, 0) is 0 Å². The van der Waals surface area contributed by atoms with Gasteiger partial charge in [0.05, 0.1) is 0 Å². The van der Waals surface area contributed by atoms with Gasteiger partial charge in [-0.15, -0.1) is 0 Å². The summed E-state index contributed by atoms with van der Waals surface area (Å²) in [5, 5.41) is 4.33. The van der Waals surface area contributed by atoms with Crippen LogP contribution in [0.15, 0.2) is 30.3 Å². The fourth-order valence-corrected chi connectivity index (χ4v) is 2.60.